The summed E-state index contributed by atoms with van der Waals surface area (Å²) in [4.78, 5) is 23.6. The minimum Gasteiger partial charge on any atom is -0.493 e. The molecule has 0 atom stereocenters. The molecule has 0 saturated heterocycles. The van der Waals surface area contributed by atoms with E-state index in [1.165, 1.54) is 6.21 Å². The molecule has 2 N–H and O–H groups in total. The van der Waals surface area contributed by atoms with Crippen LogP contribution in [0.1, 0.15) is 22.8 Å². The number of benzene rings is 2. The highest BCUT2D eigenvalue weighted by atomic mass is 35.5. The SMILES string of the molecule is CCOc1ccccc1C=NNC(=O)CNC(=O)c1ccc(Cl)cc1. The topological polar surface area (TPSA) is 79.8 Å². The van der Waals surface area contributed by atoms with E-state index in [1.54, 1.807) is 24.3 Å². The van der Waals surface area contributed by atoms with Crippen LogP contribution in [0.25, 0.3) is 0 Å². The van der Waals surface area contributed by atoms with E-state index in [4.69, 9.17) is 16.3 Å². The van der Waals surface area contributed by atoms with Crippen molar-refractivity contribution in [2.24, 2.45) is 5.10 Å². The summed E-state index contributed by atoms with van der Waals surface area (Å²) in [7, 11) is 0. The summed E-state index contributed by atoms with van der Waals surface area (Å²) in [6.07, 6.45) is 1.49. The smallest absolute Gasteiger partial charge is 0.259 e. The van der Waals surface area contributed by atoms with Crippen LogP contribution in [0, 0.1) is 0 Å². The number of amides is 2. The molecule has 7 heteroatoms. The van der Waals surface area contributed by atoms with Crippen LogP contribution >= 0.6 is 11.6 Å². The fraction of sp³-hybridized carbons (Fsp3) is 0.167. The zero-order valence-corrected chi connectivity index (χ0v) is 14.4. The summed E-state index contributed by atoms with van der Waals surface area (Å²) < 4.78 is 5.46. The number of rotatable bonds is 7. The molecule has 130 valence electrons. The average molecular weight is 360 g/mol. The summed E-state index contributed by atoms with van der Waals surface area (Å²) in [6.45, 7) is 2.24. The Morgan fingerprint density at radius 3 is 2.60 bits per heavy atom. The molecule has 0 aromatic heterocycles. The van der Waals surface area contributed by atoms with Crippen molar-refractivity contribution < 1.29 is 14.3 Å². The summed E-state index contributed by atoms with van der Waals surface area (Å²) in [5.41, 5.74) is 3.52. The van der Waals surface area contributed by atoms with Crippen LogP contribution in [-0.2, 0) is 4.79 Å². The molecule has 0 aliphatic heterocycles. The minimum atomic E-state index is -0.438. The van der Waals surface area contributed by atoms with Crippen molar-refractivity contribution in [2.45, 2.75) is 6.92 Å². The fourth-order valence-corrected chi connectivity index (χ4v) is 2.08. The number of ether oxygens (including phenoxy) is 1. The highest BCUT2D eigenvalue weighted by molar-refractivity contribution is 6.30. The first-order valence-corrected chi connectivity index (χ1v) is 8.05. The van der Waals surface area contributed by atoms with E-state index < -0.39 is 5.91 Å². The van der Waals surface area contributed by atoms with Gasteiger partial charge in [-0.2, -0.15) is 5.10 Å². The maximum atomic E-state index is 11.9. The lowest BCUT2D eigenvalue weighted by atomic mass is 10.2. The Labute approximate surface area is 150 Å². The number of hydrogen-bond acceptors (Lipinski definition) is 4. The van der Waals surface area contributed by atoms with Gasteiger partial charge in [-0.1, -0.05) is 23.7 Å². The molecule has 0 spiro atoms. The third kappa shape index (κ3) is 5.93. The van der Waals surface area contributed by atoms with Crippen LogP contribution in [0.4, 0.5) is 0 Å². The van der Waals surface area contributed by atoms with E-state index in [0.29, 0.717) is 22.9 Å². The Balaban J connectivity index is 1.82. The van der Waals surface area contributed by atoms with Crippen molar-refractivity contribution in [1.82, 2.24) is 10.7 Å². The minimum absolute atomic E-state index is 0.189. The van der Waals surface area contributed by atoms with Crippen molar-refractivity contribution in [3.63, 3.8) is 0 Å². The molecule has 0 fully saturated rings. The molecule has 0 heterocycles. The maximum absolute atomic E-state index is 11.9. The second-order valence-electron chi connectivity index (χ2n) is 4.95. The molecule has 2 aromatic rings. The Morgan fingerprint density at radius 1 is 1.16 bits per heavy atom. The number of nitrogens with zero attached hydrogens (tertiary/aromatic N) is 1. The molecular formula is C18H18ClN3O3. The molecule has 0 bridgehead atoms. The molecule has 2 amide bonds. The number of hydrogen-bond donors (Lipinski definition) is 2. The Kier molecular flexibility index (Phi) is 6.98. The quantitative estimate of drug-likeness (QED) is 0.589. The zero-order valence-electron chi connectivity index (χ0n) is 13.7. The number of hydrazone groups is 1. The molecule has 2 aromatic carbocycles. The predicted octanol–water partition coefficient (Wildman–Crippen LogP) is 2.62. The number of para-hydroxylation sites is 1. The van der Waals surface area contributed by atoms with Crippen LogP contribution in [-0.4, -0.2) is 31.2 Å². The van der Waals surface area contributed by atoms with Gasteiger partial charge in [-0.3, -0.25) is 9.59 Å². The lowest BCUT2D eigenvalue weighted by Gasteiger charge is -2.06. The van der Waals surface area contributed by atoms with Crippen molar-refractivity contribution in [1.29, 1.82) is 0 Å². The van der Waals surface area contributed by atoms with Gasteiger partial charge in [0.1, 0.15) is 5.75 Å². The molecule has 0 unspecified atom stereocenters. The first-order chi connectivity index (χ1) is 12.1. The van der Waals surface area contributed by atoms with Crippen molar-refractivity contribution in [2.75, 3.05) is 13.2 Å². The van der Waals surface area contributed by atoms with E-state index in [9.17, 15) is 9.59 Å². The largest absolute Gasteiger partial charge is 0.493 e. The monoisotopic (exact) mass is 359 g/mol. The van der Waals surface area contributed by atoms with Gasteiger partial charge in [0.2, 0.25) is 0 Å². The average Bonchev–Trinajstić information content (AvgIpc) is 2.62. The Morgan fingerprint density at radius 2 is 1.88 bits per heavy atom. The maximum Gasteiger partial charge on any atom is 0.259 e. The van der Waals surface area contributed by atoms with Crippen molar-refractivity contribution in [3.05, 3.63) is 64.7 Å². The van der Waals surface area contributed by atoms with Crippen molar-refractivity contribution in [3.8, 4) is 5.75 Å². The number of carbonyl (C=O) groups is 2. The molecule has 25 heavy (non-hydrogen) atoms. The van der Waals surface area contributed by atoms with Gasteiger partial charge in [0.05, 0.1) is 19.4 Å². The first kappa shape index (κ1) is 18.5. The molecule has 0 radical (unpaired) electrons. The lowest BCUT2D eigenvalue weighted by Crippen LogP contribution is -2.34. The normalized spacial score (nSPS) is 10.5. The fourth-order valence-electron chi connectivity index (χ4n) is 1.95. The predicted molar refractivity (Wildman–Crippen MR) is 97.1 cm³/mol. The summed E-state index contributed by atoms with van der Waals surface area (Å²) in [5, 5.41) is 6.92. The van der Waals surface area contributed by atoms with E-state index >= 15 is 0 Å². The second kappa shape index (κ2) is 9.44. The first-order valence-electron chi connectivity index (χ1n) is 7.67. The molecule has 0 aliphatic rings. The van der Waals surface area contributed by atoms with Crippen LogP contribution in [0.15, 0.2) is 53.6 Å². The van der Waals surface area contributed by atoms with E-state index in [2.05, 4.69) is 15.8 Å². The summed E-state index contributed by atoms with van der Waals surface area (Å²) in [6, 6.07) is 13.7. The van der Waals surface area contributed by atoms with E-state index in [-0.39, 0.29) is 12.5 Å². The highest BCUT2D eigenvalue weighted by Gasteiger charge is 2.07. The van der Waals surface area contributed by atoms with Gasteiger partial charge < -0.3 is 10.1 Å². The molecule has 6 nitrogen and oxygen atoms in total. The Bertz CT molecular complexity index is 760. The number of halogens is 1. The third-order valence-corrected chi connectivity index (χ3v) is 3.38. The van der Waals surface area contributed by atoms with Crippen LogP contribution < -0.4 is 15.5 Å². The van der Waals surface area contributed by atoms with E-state index in [0.717, 1.165) is 5.56 Å². The van der Waals surface area contributed by atoms with Crippen LogP contribution in [0.3, 0.4) is 0 Å². The van der Waals surface area contributed by atoms with Crippen LogP contribution in [0.2, 0.25) is 5.02 Å². The zero-order chi connectivity index (χ0) is 18.1. The van der Waals surface area contributed by atoms with Gasteiger partial charge in [0, 0.05) is 16.1 Å². The number of carbonyl (C=O) groups excluding carboxylic acids is 2. The van der Waals surface area contributed by atoms with Gasteiger partial charge in [0.25, 0.3) is 11.8 Å². The van der Waals surface area contributed by atoms with Crippen molar-refractivity contribution >= 4 is 29.6 Å². The van der Waals surface area contributed by atoms with Gasteiger partial charge >= 0.3 is 0 Å². The van der Waals surface area contributed by atoms with Gasteiger partial charge in [-0.05, 0) is 43.3 Å². The molecule has 0 aliphatic carbocycles. The molecule has 2 rings (SSSR count). The summed E-state index contributed by atoms with van der Waals surface area (Å²) in [5.74, 6) is -0.121. The molecular weight excluding hydrogens is 342 g/mol. The third-order valence-electron chi connectivity index (χ3n) is 3.13. The van der Waals surface area contributed by atoms with E-state index in [1.807, 2.05) is 31.2 Å². The van der Waals surface area contributed by atoms with Gasteiger partial charge in [-0.25, -0.2) is 5.43 Å². The lowest BCUT2D eigenvalue weighted by molar-refractivity contribution is -0.120. The standard InChI is InChI=1S/C18H18ClN3O3/c1-2-25-16-6-4-3-5-14(16)11-21-22-17(23)12-20-18(24)13-7-9-15(19)10-8-13/h3-11H,2,12H2,1H3,(H,20,24)(H,22,23). The highest BCUT2D eigenvalue weighted by Crippen LogP contribution is 2.15. The van der Waals surface area contributed by atoms with Gasteiger partial charge in [0.15, 0.2) is 0 Å². The molecule has 0 saturated carbocycles. The van der Waals surface area contributed by atoms with Gasteiger partial charge in [-0.15, -0.1) is 0 Å². The summed E-state index contributed by atoms with van der Waals surface area (Å²) >= 11 is 5.76. The Hall–Kier alpha value is -2.86. The number of nitrogens with one attached hydrogen (secondary N) is 2. The van der Waals surface area contributed by atoms with Crippen LogP contribution in [0.5, 0.6) is 5.75 Å². The second-order valence-corrected chi connectivity index (χ2v) is 5.39.